The van der Waals surface area contributed by atoms with Crippen molar-refractivity contribution in [2.75, 3.05) is 38.6 Å². The van der Waals surface area contributed by atoms with Crippen molar-refractivity contribution in [1.82, 2.24) is 14.7 Å². The van der Waals surface area contributed by atoms with Crippen molar-refractivity contribution in [2.45, 2.75) is 19.8 Å². The Morgan fingerprint density at radius 1 is 1.37 bits per heavy atom. The summed E-state index contributed by atoms with van der Waals surface area (Å²) in [6.45, 7) is 5.25. The molecule has 1 aromatic rings. The maximum atomic E-state index is 9.27. The van der Waals surface area contributed by atoms with Crippen molar-refractivity contribution in [3.63, 3.8) is 0 Å². The van der Waals surface area contributed by atoms with Gasteiger partial charge in [-0.3, -0.25) is 4.68 Å². The Bertz CT molecular complexity index is 477. The topological polar surface area (TPSA) is 48.1 Å². The Morgan fingerprint density at radius 3 is 2.58 bits per heavy atom. The molecule has 2 rings (SSSR count). The second-order valence-corrected chi connectivity index (χ2v) is 5.65. The summed E-state index contributed by atoms with van der Waals surface area (Å²) >= 11 is 0. The maximum Gasteiger partial charge on any atom is 0.144 e. The van der Waals surface area contributed by atoms with Crippen LogP contribution in [0.25, 0.3) is 0 Å². The largest absolute Gasteiger partial charge is 0.359 e. The molecule has 19 heavy (non-hydrogen) atoms. The molecule has 0 saturated carbocycles. The summed E-state index contributed by atoms with van der Waals surface area (Å²) in [5, 5.41) is 13.6. The van der Waals surface area contributed by atoms with Crippen LogP contribution in [0.1, 0.15) is 24.1 Å². The van der Waals surface area contributed by atoms with Crippen LogP contribution in [0.4, 0.5) is 5.82 Å². The molecule has 1 aliphatic rings. The molecule has 0 spiro atoms. The highest BCUT2D eigenvalue weighted by atomic mass is 15.4. The highest BCUT2D eigenvalue weighted by Gasteiger charge is 2.22. The molecule has 1 fully saturated rings. The van der Waals surface area contributed by atoms with Gasteiger partial charge in [-0.2, -0.15) is 10.4 Å². The first kappa shape index (κ1) is 13.9. The molecule has 1 aliphatic heterocycles. The van der Waals surface area contributed by atoms with Crippen molar-refractivity contribution in [3.05, 3.63) is 11.3 Å². The van der Waals surface area contributed by atoms with Gasteiger partial charge in [-0.15, -0.1) is 0 Å². The molecule has 0 bridgehead atoms. The van der Waals surface area contributed by atoms with Crippen molar-refractivity contribution in [1.29, 1.82) is 5.26 Å². The van der Waals surface area contributed by atoms with Gasteiger partial charge in [-0.05, 0) is 45.8 Å². The average molecular weight is 261 g/mol. The number of nitrogens with zero attached hydrogens (tertiary/aromatic N) is 5. The van der Waals surface area contributed by atoms with Gasteiger partial charge in [-0.25, -0.2) is 0 Å². The van der Waals surface area contributed by atoms with Crippen molar-refractivity contribution < 1.29 is 0 Å². The van der Waals surface area contributed by atoms with E-state index in [1.807, 2.05) is 18.7 Å². The van der Waals surface area contributed by atoms with E-state index in [-0.39, 0.29) is 0 Å². The molecule has 2 heterocycles. The molecule has 0 N–H and O–H groups in total. The zero-order chi connectivity index (χ0) is 14.0. The van der Waals surface area contributed by atoms with Crippen LogP contribution in [0.15, 0.2) is 0 Å². The van der Waals surface area contributed by atoms with E-state index in [0.29, 0.717) is 11.5 Å². The average Bonchev–Trinajstić information content (AvgIpc) is 2.66. The predicted molar refractivity (Wildman–Crippen MR) is 76.2 cm³/mol. The fourth-order valence-corrected chi connectivity index (χ4v) is 2.93. The van der Waals surface area contributed by atoms with Gasteiger partial charge in [0, 0.05) is 20.6 Å². The van der Waals surface area contributed by atoms with Crippen LogP contribution in [0, 0.1) is 24.2 Å². The third-order valence-electron chi connectivity index (χ3n) is 4.04. The quantitative estimate of drug-likeness (QED) is 0.824. The van der Waals surface area contributed by atoms with Gasteiger partial charge >= 0.3 is 0 Å². The molecule has 1 saturated heterocycles. The van der Waals surface area contributed by atoms with Gasteiger partial charge in [0.2, 0.25) is 0 Å². The molecular weight excluding hydrogens is 238 g/mol. The van der Waals surface area contributed by atoms with E-state index < -0.39 is 0 Å². The summed E-state index contributed by atoms with van der Waals surface area (Å²) < 4.78 is 1.82. The molecule has 0 unspecified atom stereocenters. The number of hydrogen-bond acceptors (Lipinski definition) is 4. The number of aryl methyl sites for hydroxylation is 2. The Kier molecular flexibility index (Phi) is 4.11. The fourth-order valence-electron chi connectivity index (χ4n) is 2.93. The van der Waals surface area contributed by atoms with Gasteiger partial charge in [0.15, 0.2) is 0 Å². The van der Waals surface area contributed by atoms with Crippen LogP contribution in [0.3, 0.4) is 0 Å². The second kappa shape index (κ2) is 5.62. The lowest BCUT2D eigenvalue weighted by atomic mass is 9.96. The van der Waals surface area contributed by atoms with E-state index in [4.69, 9.17) is 0 Å². The van der Waals surface area contributed by atoms with Gasteiger partial charge < -0.3 is 9.80 Å². The lowest BCUT2D eigenvalue weighted by Crippen LogP contribution is -2.36. The molecule has 0 aliphatic carbocycles. The smallest absolute Gasteiger partial charge is 0.144 e. The fraction of sp³-hybridized carbons (Fsp3) is 0.714. The molecule has 5 heteroatoms. The third kappa shape index (κ3) is 2.90. The van der Waals surface area contributed by atoms with Crippen LogP contribution in [-0.4, -0.2) is 48.4 Å². The monoisotopic (exact) mass is 261 g/mol. The molecule has 0 radical (unpaired) electrons. The molecule has 0 atom stereocenters. The Hall–Kier alpha value is -1.54. The van der Waals surface area contributed by atoms with Gasteiger partial charge in [0.1, 0.15) is 17.5 Å². The molecule has 0 amide bonds. The van der Waals surface area contributed by atoms with Crippen LogP contribution in [-0.2, 0) is 7.05 Å². The minimum absolute atomic E-state index is 0.706. The van der Waals surface area contributed by atoms with Crippen molar-refractivity contribution in [3.8, 4) is 6.07 Å². The lowest BCUT2D eigenvalue weighted by molar-refractivity contribution is 0.222. The van der Waals surface area contributed by atoms with Gasteiger partial charge in [0.05, 0.1) is 5.69 Å². The van der Waals surface area contributed by atoms with E-state index in [1.54, 1.807) is 0 Å². The van der Waals surface area contributed by atoms with E-state index >= 15 is 0 Å². The normalized spacial score (nSPS) is 17.4. The summed E-state index contributed by atoms with van der Waals surface area (Å²) in [6, 6.07) is 2.28. The van der Waals surface area contributed by atoms with Gasteiger partial charge in [0.25, 0.3) is 0 Å². The third-order valence-corrected chi connectivity index (χ3v) is 4.04. The molecule has 5 nitrogen and oxygen atoms in total. The number of likely N-dealkylation sites (tertiary alicyclic amines) is 1. The minimum atomic E-state index is 0.706. The molecule has 0 aromatic carbocycles. The highest BCUT2D eigenvalue weighted by molar-refractivity contribution is 5.56. The number of anilines is 1. The maximum absolute atomic E-state index is 9.27. The Balaban J connectivity index is 2.08. The zero-order valence-electron chi connectivity index (χ0n) is 12.3. The van der Waals surface area contributed by atoms with Crippen LogP contribution in [0.5, 0.6) is 0 Å². The summed E-state index contributed by atoms with van der Waals surface area (Å²) in [7, 11) is 6.15. The number of hydrogen-bond donors (Lipinski definition) is 0. The Morgan fingerprint density at radius 2 is 2.00 bits per heavy atom. The standard InChI is InChI=1S/C14H23N5/c1-11-13(9-15)14(19(4)16-11)18(3)10-12-5-7-17(2)8-6-12/h12H,5-8,10H2,1-4H3. The molecular formula is C14H23N5. The van der Waals surface area contributed by atoms with E-state index in [0.717, 1.165) is 18.1 Å². The van der Waals surface area contributed by atoms with Crippen molar-refractivity contribution >= 4 is 5.82 Å². The summed E-state index contributed by atoms with van der Waals surface area (Å²) in [6.07, 6.45) is 2.47. The van der Waals surface area contributed by atoms with Crippen molar-refractivity contribution in [2.24, 2.45) is 13.0 Å². The molecule has 104 valence electrons. The van der Waals surface area contributed by atoms with Crippen LogP contribution >= 0.6 is 0 Å². The minimum Gasteiger partial charge on any atom is -0.359 e. The van der Waals surface area contributed by atoms with Crippen LogP contribution in [0.2, 0.25) is 0 Å². The zero-order valence-corrected chi connectivity index (χ0v) is 12.3. The lowest BCUT2D eigenvalue weighted by Gasteiger charge is -2.32. The summed E-state index contributed by atoms with van der Waals surface area (Å²) in [5.41, 5.74) is 1.52. The first-order valence-corrected chi connectivity index (χ1v) is 6.86. The number of piperidine rings is 1. The first-order valence-electron chi connectivity index (χ1n) is 6.86. The van der Waals surface area contributed by atoms with Gasteiger partial charge in [-0.1, -0.05) is 0 Å². The predicted octanol–water partition coefficient (Wildman–Crippen LogP) is 1.38. The van der Waals surface area contributed by atoms with E-state index in [1.165, 1.54) is 25.9 Å². The number of nitriles is 1. The highest BCUT2D eigenvalue weighted by Crippen LogP contribution is 2.24. The second-order valence-electron chi connectivity index (χ2n) is 5.65. The summed E-state index contributed by atoms with van der Waals surface area (Å²) in [5.74, 6) is 1.65. The number of rotatable bonds is 3. The number of aromatic nitrogens is 2. The molecule has 1 aromatic heterocycles. The van der Waals surface area contributed by atoms with E-state index in [9.17, 15) is 5.26 Å². The SMILES string of the molecule is Cc1nn(C)c(N(C)CC2CCN(C)CC2)c1C#N. The van der Waals surface area contributed by atoms with E-state index in [2.05, 4.69) is 35.1 Å². The first-order chi connectivity index (χ1) is 9.02. The van der Waals surface area contributed by atoms with Crippen LogP contribution < -0.4 is 4.90 Å². The summed E-state index contributed by atoms with van der Waals surface area (Å²) in [4.78, 5) is 4.57. The Labute approximate surface area is 115 Å².